The van der Waals surface area contributed by atoms with Gasteiger partial charge in [-0.2, -0.15) is 13.2 Å². The number of ether oxygens (including phenoxy) is 1. The number of fused-ring (bicyclic) bond motifs is 1. The van der Waals surface area contributed by atoms with Gasteiger partial charge < -0.3 is 24.8 Å². The Labute approximate surface area is 254 Å². The number of rotatable bonds is 8. The maximum atomic E-state index is 13.8. The van der Waals surface area contributed by atoms with Crippen molar-refractivity contribution in [2.24, 2.45) is 0 Å². The normalized spacial score (nSPS) is 14.2. The highest BCUT2D eigenvalue weighted by Crippen LogP contribution is 2.39. The molecule has 0 radical (unpaired) electrons. The molecule has 0 bridgehead atoms. The lowest BCUT2D eigenvalue weighted by molar-refractivity contribution is -0.140. The van der Waals surface area contributed by atoms with E-state index in [4.69, 9.17) is 4.74 Å². The summed E-state index contributed by atoms with van der Waals surface area (Å²) in [6, 6.07) is 6.60. The Balaban J connectivity index is 1.67. The van der Waals surface area contributed by atoms with Crippen LogP contribution in [-0.4, -0.2) is 71.6 Å². The van der Waals surface area contributed by atoms with Gasteiger partial charge in [0.05, 0.1) is 5.52 Å². The van der Waals surface area contributed by atoms with Crippen LogP contribution in [0.5, 0.6) is 0 Å². The van der Waals surface area contributed by atoms with Gasteiger partial charge in [0, 0.05) is 73.6 Å². The number of nitrogens with zero attached hydrogens (tertiary/aromatic N) is 4. The number of carbonyl (C=O) groups is 2. The van der Waals surface area contributed by atoms with Crippen molar-refractivity contribution >= 4 is 39.9 Å². The summed E-state index contributed by atoms with van der Waals surface area (Å²) in [5.41, 5.74) is 0.295. The summed E-state index contributed by atoms with van der Waals surface area (Å²) in [6.07, 6.45) is -0.207. The number of carbonyl (C=O) groups excluding carboxylic acids is 2. The Bertz CT molecular complexity index is 1760. The average Bonchev–Trinajstić information content (AvgIpc) is 3.49. The van der Waals surface area contributed by atoms with Crippen LogP contribution in [0.4, 0.5) is 19.0 Å². The second-order valence-electron chi connectivity index (χ2n) is 10.7. The Morgan fingerprint density at radius 2 is 1.91 bits per heavy atom. The maximum absolute atomic E-state index is 13.8. The third-order valence-corrected chi connectivity index (χ3v) is 8.13. The van der Waals surface area contributed by atoms with Crippen molar-refractivity contribution in [2.45, 2.75) is 32.0 Å². The number of pyridine rings is 2. The largest absolute Gasteiger partial charge is 0.434 e. The van der Waals surface area contributed by atoms with Gasteiger partial charge in [0.15, 0.2) is 5.69 Å². The van der Waals surface area contributed by atoms with Crippen LogP contribution in [0.1, 0.15) is 41.9 Å². The monoisotopic (exact) mass is 628 g/mol. The number of alkyl halides is 3. The smallest absolute Gasteiger partial charge is 0.381 e. The van der Waals surface area contributed by atoms with E-state index in [-0.39, 0.29) is 27.8 Å². The number of halogens is 3. The highest BCUT2D eigenvalue weighted by molar-refractivity contribution is 7.13. The molecule has 5 rings (SSSR count). The molecular weight excluding hydrogens is 597 g/mol. The predicted octanol–water partition coefficient (Wildman–Crippen LogP) is 4.81. The van der Waals surface area contributed by atoms with Crippen LogP contribution in [0, 0.1) is 0 Å². The van der Waals surface area contributed by atoms with Crippen LogP contribution < -0.4 is 16.1 Å². The van der Waals surface area contributed by atoms with Crippen LogP contribution in [0.15, 0.2) is 46.8 Å². The molecule has 1 saturated heterocycles. The number of nitrogens with one attached hydrogen (secondary N) is 2. The van der Waals surface area contributed by atoms with Crippen LogP contribution in [0.3, 0.4) is 0 Å². The lowest BCUT2D eigenvalue weighted by atomic mass is 9.98. The average molecular weight is 629 g/mol. The quantitative estimate of drug-likeness (QED) is 0.288. The lowest BCUT2D eigenvalue weighted by Crippen LogP contribution is -2.35. The number of hydrogen-bond acceptors (Lipinski definition) is 8. The molecule has 1 aliphatic heterocycles. The van der Waals surface area contributed by atoms with E-state index in [9.17, 15) is 27.6 Å². The topological polar surface area (TPSA) is 118 Å². The van der Waals surface area contributed by atoms with E-state index in [1.54, 1.807) is 24.4 Å². The van der Waals surface area contributed by atoms with Gasteiger partial charge >= 0.3 is 6.18 Å². The van der Waals surface area contributed by atoms with Gasteiger partial charge in [-0.15, -0.1) is 11.3 Å². The Morgan fingerprint density at radius 1 is 1.16 bits per heavy atom. The number of likely N-dealkylation sites (N-methyl/N-ethyl adjacent to an activating group) is 1. The minimum atomic E-state index is -4.63. The molecule has 0 atom stereocenters. The first kappa shape index (κ1) is 31.3. The molecule has 44 heavy (non-hydrogen) atoms. The van der Waals surface area contributed by atoms with Crippen LogP contribution >= 0.6 is 11.3 Å². The van der Waals surface area contributed by atoms with E-state index < -0.39 is 29.1 Å². The molecule has 1 fully saturated rings. The number of aromatic nitrogens is 3. The van der Waals surface area contributed by atoms with Gasteiger partial charge in [0.25, 0.3) is 5.91 Å². The van der Waals surface area contributed by atoms with Gasteiger partial charge in [-0.1, -0.05) is 6.07 Å². The number of anilines is 1. The van der Waals surface area contributed by atoms with Crippen molar-refractivity contribution in [3.63, 3.8) is 0 Å². The third kappa shape index (κ3) is 6.82. The van der Waals surface area contributed by atoms with Gasteiger partial charge in [-0.25, -0.2) is 9.97 Å². The Hall–Kier alpha value is -4.14. The molecule has 4 heterocycles. The highest BCUT2D eigenvalue weighted by Gasteiger charge is 2.34. The third-order valence-electron chi connectivity index (χ3n) is 7.25. The van der Waals surface area contributed by atoms with Crippen molar-refractivity contribution < 1.29 is 27.5 Å². The molecule has 0 unspecified atom stereocenters. The molecule has 0 aliphatic carbocycles. The van der Waals surface area contributed by atoms with Gasteiger partial charge in [0.2, 0.25) is 11.3 Å². The van der Waals surface area contributed by atoms with Gasteiger partial charge in [-0.3, -0.25) is 14.4 Å². The molecule has 232 valence electrons. The van der Waals surface area contributed by atoms with Crippen molar-refractivity contribution in [1.82, 2.24) is 24.8 Å². The van der Waals surface area contributed by atoms with Crippen molar-refractivity contribution in [2.75, 3.05) is 45.7 Å². The fourth-order valence-corrected chi connectivity index (χ4v) is 5.93. The molecule has 4 aromatic rings. The predicted molar refractivity (Wildman–Crippen MR) is 162 cm³/mol. The number of benzene rings is 1. The first-order chi connectivity index (χ1) is 20.9. The minimum absolute atomic E-state index is 0.00343. The highest BCUT2D eigenvalue weighted by atomic mass is 32.1. The van der Waals surface area contributed by atoms with Crippen molar-refractivity contribution in [1.29, 1.82) is 0 Å². The Morgan fingerprint density at radius 3 is 2.57 bits per heavy atom. The van der Waals surface area contributed by atoms with Gasteiger partial charge in [-0.05, 0) is 50.7 Å². The molecule has 0 saturated carbocycles. The maximum Gasteiger partial charge on any atom is 0.434 e. The summed E-state index contributed by atoms with van der Waals surface area (Å²) < 4.78 is 47.7. The Kier molecular flexibility index (Phi) is 9.13. The van der Waals surface area contributed by atoms with Crippen LogP contribution in [0.25, 0.3) is 32.6 Å². The van der Waals surface area contributed by atoms with E-state index in [1.807, 2.05) is 23.6 Å². The molecule has 3 aromatic heterocycles. The molecule has 1 aliphatic rings. The molecular formula is C30H31F3N6O4S. The van der Waals surface area contributed by atoms with Crippen LogP contribution in [-0.2, 0) is 15.7 Å². The summed E-state index contributed by atoms with van der Waals surface area (Å²) in [7, 11) is 3.76. The van der Waals surface area contributed by atoms with E-state index >= 15 is 0 Å². The summed E-state index contributed by atoms with van der Waals surface area (Å²) in [5.74, 6) is -0.754. The van der Waals surface area contributed by atoms with E-state index in [0.717, 1.165) is 16.7 Å². The van der Waals surface area contributed by atoms with E-state index in [2.05, 4.69) is 20.6 Å². The summed E-state index contributed by atoms with van der Waals surface area (Å²) in [6.45, 7) is 3.33. The lowest BCUT2D eigenvalue weighted by Gasteiger charge is -2.27. The molecule has 1 aromatic carbocycles. The summed E-state index contributed by atoms with van der Waals surface area (Å²) >= 11 is 0.804. The number of hydrogen-bond donors (Lipinski definition) is 2. The van der Waals surface area contributed by atoms with Crippen molar-refractivity contribution in [3.8, 4) is 21.7 Å². The second kappa shape index (κ2) is 12.8. The zero-order valence-electron chi connectivity index (χ0n) is 24.3. The fourth-order valence-electron chi connectivity index (χ4n) is 5.08. The number of amides is 2. The molecule has 2 amide bonds. The number of thiazole rings is 1. The first-order valence-electron chi connectivity index (χ1n) is 13.9. The fraction of sp³-hybridized carbons (Fsp3) is 0.367. The molecule has 14 heteroatoms. The minimum Gasteiger partial charge on any atom is -0.381 e. The molecule has 10 nitrogen and oxygen atoms in total. The van der Waals surface area contributed by atoms with E-state index in [1.165, 1.54) is 19.2 Å². The second-order valence-corrected chi connectivity index (χ2v) is 11.6. The summed E-state index contributed by atoms with van der Waals surface area (Å²) in [5, 5.41) is 6.63. The zero-order valence-corrected chi connectivity index (χ0v) is 25.1. The van der Waals surface area contributed by atoms with Crippen molar-refractivity contribution in [3.05, 3.63) is 63.5 Å². The SMILES string of the molecule is CC(=O)Nc1cc(-c2nc(C(F)(F)F)cs2)c(-c2ccc3c(c2)c(=O)c(C(=O)NCCN(C)C)cn3C2CCOCC2)cn1. The summed E-state index contributed by atoms with van der Waals surface area (Å²) in [4.78, 5) is 48.7. The molecule has 0 spiro atoms. The van der Waals surface area contributed by atoms with E-state index in [0.29, 0.717) is 61.4 Å². The zero-order chi connectivity index (χ0) is 31.6. The first-order valence-corrected chi connectivity index (χ1v) is 14.8. The van der Waals surface area contributed by atoms with Gasteiger partial charge in [0.1, 0.15) is 16.4 Å². The standard InChI is InChI=1S/C30H31F3N6O4S/c1-17(40)36-26-13-20(29-37-25(16-44-29)30(31,32)33)22(14-35-26)18-4-5-24-21(12-18)27(41)23(28(42)34-8-9-38(2)3)15-39(24)19-6-10-43-11-7-19/h4-5,12-16,19H,6-11H2,1-3H3,(H,34,42)(H,35,36,40). The molecule has 2 N–H and O–H groups in total. The van der Waals surface area contributed by atoms with Crippen LogP contribution in [0.2, 0.25) is 0 Å².